The van der Waals surface area contributed by atoms with Crippen LogP contribution in [-0.4, -0.2) is 11.6 Å². The smallest absolute Gasteiger partial charge is 0.119 e. The van der Waals surface area contributed by atoms with Gasteiger partial charge in [-0.05, 0) is 73.9 Å². The first-order valence-electron chi connectivity index (χ1n) is 11.0. The summed E-state index contributed by atoms with van der Waals surface area (Å²) in [6.07, 6.45) is 14.6. The number of nitrogens with zero attached hydrogens (tertiary/aromatic N) is 1. The summed E-state index contributed by atoms with van der Waals surface area (Å²) < 4.78 is 5.51. The standard InChI is InChI=1S/C25H35NO/c1-3-5-7-20-8-6-9-21(18-20)10-11-22-12-17-25(26-19-22)23-13-15-24(16-14-23)27-4-2/h12-17,19-21H,3-11,18H2,1-2H3. The molecule has 0 N–H and O–H groups in total. The van der Waals surface area contributed by atoms with Gasteiger partial charge in [-0.25, -0.2) is 0 Å². The zero-order valence-electron chi connectivity index (χ0n) is 17.1. The maximum atomic E-state index is 5.51. The third-order valence-corrected chi connectivity index (χ3v) is 5.98. The lowest BCUT2D eigenvalue weighted by molar-refractivity contribution is 0.240. The second kappa shape index (κ2) is 10.5. The number of hydrogen-bond acceptors (Lipinski definition) is 2. The molecular weight excluding hydrogens is 330 g/mol. The van der Waals surface area contributed by atoms with Gasteiger partial charge in [0.25, 0.3) is 0 Å². The molecule has 0 amide bonds. The molecule has 3 rings (SSSR count). The summed E-state index contributed by atoms with van der Waals surface area (Å²) in [5.41, 5.74) is 3.57. The van der Waals surface area contributed by atoms with Crippen molar-refractivity contribution in [3.8, 4) is 17.0 Å². The molecule has 0 aliphatic heterocycles. The third kappa shape index (κ3) is 6.09. The quantitative estimate of drug-likeness (QED) is 0.474. The molecule has 146 valence electrons. The molecule has 1 aliphatic rings. The molecule has 0 saturated heterocycles. The van der Waals surface area contributed by atoms with Crippen molar-refractivity contribution in [3.63, 3.8) is 0 Å². The van der Waals surface area contributed by atoms with E-state index in [2.05, 4.69) is 37.4 Å². The first kappa shape index (κ1) is 19.9. The zero-order valence-corrected chi connectivity index (χ0v) is 17.1. The van der Waals surface area contributed by atoms with Crippen molar-refractivity contribution >= 4 is 0 Å². The highest BCUT2D eigenvalue weighted by molar-refractivity contribution is 5.60. The lowest BCUT2D eigenvalue weighted by Gasteiger charge is -2.29. The first-order chi connectivity index (χ1) is 13.3. The van der Waals surface area contributed by atoms with E-state index in [4.69, 9.17) is 9.72 Å². The number of pyridine rings is 1. The summed E-state index contributed by atoms with van der Waals surface area (Å²) in [6, 6.07) is 12.6. The predicted octanol–water partition coefficient (Wildman–Crippen LogP) is 7.08. The molecule has 0 radical (unpaired) electrons. The van der Waals surface area contributed by atoms with Crippen molar-refractivity contribution in [2.45, 2.75) is 71.6 Å². The van der Waals surface area contributed by atoms with Crippen LogP contribution in [0.1, 0.15) is 70.8 Å². The Balaban J connectivity index is 1.50. The minimum Gasteiger partial charge on any atom is -0.494 e. The van der Waals surface area contributed by atoms with Crippen LogP contribution in [-0.2, 0) is 6.42 Å². The molecule has 2 heteroatoms. The van der Waals surface area contributed by atoms with Gasteiger partial charge in [0.05, 0.1) is 12.3 Å². The second-order valence-corrected chi connectivity index (χ2v) is 8.09. The second-order valence-electron chi connectivity index (χ2n) is 8.09. The van der Waals surface area contributed by atoms with Gasteiger partial charge in [-0.1, -0.05) is 51.5 Å². The molecule has 1 aromatic heterocycles. The highest BCUT2D eigenvalue weighted by Gasteiger charge is 2.21. The fourth-order valence-corrected chi connectivity index (χ4v) is 4.42. The summed E-state index contributed by atoms with van der Waals surface area (Å²) in [7, 11) is 0. The van der Waals surface area contributed by atoms with E-state index in [0.29, 0.717) is 6.61 Å². The Labute approximate surface area is 165 Å². The fourth-order valence-electron chi connectivity index (χ4n) is 4.42. The van der Waals surface area contributed by atoms with Gasteiger partial charge in [0.2, 0.25) is 0 Å². The van der Waals surface area contributed by atoms with Crippen LogP contribution in [0.15, 0.2) is 42.6 Å². The van der Waals surface area contributed by atoms with Crippen LogP contribution >= 0.6 is 0 Å². The minimum absolute atomic E-state index is 0.701. The largest absolute Gasteiger partial charge is 0.494 e. The Morgan fingerprint density at radius 2 is 1.74 bits per heavy atom. The van der Waals surface area contributed by atoms with Crippen molar-refractivity contribution in [2.24, 2.45) is 11.8 Å². The zero-order chi connectivity index (χ0) is 18.9. The van der Waals surface area contributed by atoms with Gasteiger partial charge < -0.3 is 4.74 Å². The molecule has 0 spiro atoms. The minimum atomic E-state index is 0.701. The Hall–Kier alpha value is -1.83. The monoisotopic (exact) mass is 365 g/mol. The molecule has 2 nitrogen and oxygen atoms in total. The van der Waals surface area contributed by atoms with Crippen molar-refractivity contribution in [3.05, 3.63) is 48.2 Å². The highest BCUT2D eigenvalue weighted by atomic mass is 16.5. The SMILES string of the molecule is CCCCC1CCCC(CCc2ccc(-c3ccc(OCC)cc3)nc2)C1. The fraction of sp³-hybridized carbons (Fsp3) is 0.560. The molecule has 1 aliphatic carbocycles. The third-order valence-electron chi connectivity index (χ3n) is 5.98. The van der Waals surface area contributed by atoms with Crippen LogP contribution in [0, 0.1) is 11.8 Å². The molecule has 1 aromatic carbocycles. The number of aromatic nitrogens is 1. The maximum Gasteiger partial charge on any atom is 0.119 e. The number of rotatable bonds is 9. The maximum absolute atomic E-state index is 5.51. The lowest BCUT2D eigenvalue weighted by Crippen LogP contribution is -2.16. The summed E-state index contributed by atoms with van der Waals surface area (Å²) in [5.74, 6) is 2.83. The van der Waals surface area contributed by atoms with Gasteiger partial charge in [0.1, 0.15) is 5.75 Å². The van der Waals surface area contributed by atoms with Crippen LogP contribution in [0.5, 0.6) is 5.75 Å². The van der Waals surface area contributed by atoms with Crippen LogP contribution in [0.2, 0.25) is 0 Å². The van der Waals surface area contributed by atoms with Gasteiger partial charge in [-0.3, -0.25) is 4.98 Å². The highest BCUT2D eigenvalue weighted by Crippen LogP contribution is 2.34. The Morgan fingerprint density at radius 3 is 2.41 bits per heavy atom. The number of hydrogen-bond donors (Lipinski definition) is 0. The van der Waals surface area contributed by atoms with E-state index in [-0.39, 0.29) is 0 Å². The molecule has 2 aromatic rings. The van der Waals surface area contributed by atoms with E-state index < -0.39 is 0 Å². The Kier molecular flexibility index (Phi) is 7.74. The van der Waals surface area contributed by atoms with Crippen LogP contribution < -0.4 is 4.74 Å². The van der Waals surface area contributed by atoms with E-state index >= 15 is 0 Å². The molecule has 2 atom stereocenters. The summed E-state index contributed by atoms with van der Waals surface area (Å²) in [4.78, 5) is 4.70. The Morgan fingerprint density at radius 1 is 0.963 bits per heavy atom. The van der Waals surface area contributed by atoms with E-state index in [1.54, 1.807) is 0 Å². The van der Waals surface area contributed by atoms with Gasteiger partial charge in [-0.2, -0.15) is 0 Å². The van der Waals surface area contributed by atoms with E-state index in [9.17, 15) is 0 Å². The number of ether oxygens (including phenoxy) is 1. The topological polar surface area (TPSA) is 22.1 Å². The molecule has 2 unspecified atom stereocenters. The molecule has 0 bridgehead atoms. The van der Waals surface area contributed by atoms with Gasteiger partial charge in [0.15, 0.2) is 0 Å². The summed E-state index contributed by atoms with van der Waals surface area (Å²) in [5, 5.41) is 0. The predicted molar refractivity (Wildman–Crippen MR) is 114 cm³/mol. The molecule has 27 heavy (non-hydrogen) atoms. The van der Waals surface area contributed by atoms with Gasteiger partial charge in [-0.15, -0.1) is 0 Å². The van der Waals surface area contributed by atoms with E-state index in [0.717, 1.165) is 28.8 Å². The van der Waals surface area contributed by atoms with E-state index in [1.165, 1.54) is 63.4 Å². The van der Waals surface area contributed by atoms with Crippen molar-refractivity contribution < 1.29 is 4.74 Å². The Bertz CT molecular complexity index is 662. The average Bonchev–Trinajstić information content (AvgIpc) is 2.72. The van der Waals surface area contributed by atoms with Crippen molar-refractivity contribution in [2.75, 3.05) is 6.61 Å². The van der Waals surface area contributed by atoms with Crippen LogP contribution in [0.3, 0.4) is 0 Å². The van der Waals surface area contributed by atoms with E-state index in [1.807, 2.05) is 19.1 Å². The molecule has 1 saturated carbocycles. The first-order valence-corrected chi connectivity index (χ1v) is 11.0. The number of unbranched alkanes of at least 4 members (excludes halogenated alkanes) is 1. The molecule has 1 fully saturated rings. The molecule has 1 heterocycles. The normalized spacial score (nSPS) is 19.8. The average molecular weight is 366 g/mol. The van der Waals surface area contributed by atoms with Crippen LogP contribution in [0.4, 0.5) is 0 Å². The van der Waals surface area contributed by atoms with Gasteiger partial charge in [0, 0.05) is 11.8 Å². The van der Waals surface area contributed by atoms with Gasteiger partial charge >= 0.3 is 0 Å². The van der Waals surface area contributed by atoms with Crippen molar-refractivity contribution in [1.82, 2.24) is 4.98 Å². The van der Waals surface area contributed by atoms with Crippen molar-refractivity contribution in [1.29, 1.82) is 0 Å². The number of aryl methyl sites for hydroxylation is 1. The van der Waals surface area contributed by atoms with Crippen LogP contribution in [0.25, 0.3) is 11.3 Å². The summed E-state index contributed by atoms with van der Waals surface area (Å²) >= 11 is 0. The number of benzene rings is 1. The molecular formula is C25H35NO. The lowest BCUT2D eigenvalue weighted by atomic mass is 9.77. The summed E-state index contributed by atoms with van der Waals surface area (Å²) in [6.45, 7) is 5.02.